The average molecular weight is 258 g/mol. The first-order valence-electron chi connectivity index (χ1n) is 5.80. The molecule has 19 heavy (non-hydrogen) atoms. The van der Waals surface area contributed by atoms with Gasteiger partial charge in [0.1, 0.15) is 11.4 Å². The highest BCUT2D eigenvalue weighted by atomic mass is 16.5. The molecule has 2 rings (SSSR count). The number of aryl methyl sites for hydroxylation is 1. The van der Waals surface area contributed by atoms with Crippen molar-refractivity contribution in [2.24, 2.45) is 7.05 Å². The SMILES string of the molecule is COc1ccc(C(=O)CC(=O)c2ccn(C)n2)cc1. The molecule has 1 heterocycles. The molecule has 0 radical (unpaired) electrons. The first kappa shape index (κ1) is 13.0. The van der Waals surface area contributed by atoms with Crippen molar-refractivity contribution in [3.63, 3.8) is 0 Å². The fourth-order valence-electron chi connectivity index (χ4n) is 1.68. The highest BCUT2D eigenvalue weighted by Gasteiger charge is 2.15. The van der Waals surface area contributed by atoms with Crippen LogP contribution in [0.5, 0.6) is 5.75 Å². The number of benzene rings is 1. The molecule has 0 amide bonds. The summed E-state index contributed by atoms with van der Waals surface area (Å²) < 4.78 is 6.54. The highest BCUT2D eigenvalue weighted by molar-refractivity contribution is 6.12. The topological polar surface area (TPSA) is 61.2 Å². The van der Waals surface area contributed by atoms with Crippen molar-refractivity contribution in [1.29, 1.82) is 0 Å². The van der Waals surface area contributed by atoms with E-state index in [2.05, 4.69) is 5.10 Å². The molecule has 2 aromatic rings. The van der Waals surface area contributed by atoms with E-state index in [4.69, 9.17) is 4.74 Å². The minimum atomic E-state index is -0.276. The van der Waals surface area contributed by atoms with Gasteiger partial charge in [-0.25, -0.2) is 0 Å². The van der Waals surface area contributed by atoms with Gasteiger partial charge in [-0.15, -0.1) is 0 Å². The van der Waals surface area contributed by atoms with Crippen LogP contribution in [-0.2, 0) is 7.05 Å². The lowest BCUT2D eigenvalue weighted by Gasteiger charge is -2.02. The zero-order valence-electron chi connectivity index (χ0n) is 10.8. The van der Waals surface area contributed by atoms with Crippen molar-refractivity contribution >= 4 is 11.6 Å². The molecular formula is C14H14N2O3. The largest absolute Gasteiger partial charge is 0.497 e. The maximum Gasteiger partial charge on any atom is 0.190 e. The molecule has 0 aliphatic rings. The Morgan fingerprint density at radius 3 is 2.37 bits per heavy atom. The predicted octanol–water partition coefficient (Wildman–Crippen LogP) is 1.88. The van der Waals surface area contributed by atoms with Crippen molar-refractivity contribution in [3.8, 4) is 5.75 Å². The number of nitrogens with zero attached hydrogens (tertiary/aromatic N) is 2. The van der Waals surface area contributed by atoms with Crippen LogP contribution in [0.25, 0.3) is 0 Å². The van der Waals surface area contributed by atoms with E-state index in [-0.39, 0.29) is 18.0 Å². The van der Waals surface area contributed by atoms with Gasteiger partial charge in [0, 0.05) is 18.8 Å². The fraction of sp³-hybridized carbons (Fsp3) is 0.214. The van der Waals surface area contributed by atoms with E-state index in [1.54, 1.807) is 50.7 Å². The van der Waals surface area contributed by atoms with Crippen LogP contribution < -0.4 is 4.74 Å². The normalized spacial score (nSPS) is 10.2. The molecule has 0 aliphatic heterocycles. The molecule has 0 bridgehead atoms. The summed E-state index contributed by atoms with van der Waals surface area (Å²) in [5.74, 6) is 0.173. The molecule has 0 saturated heterocycles. The minimum Gasteiger partial charge on any atom is -0.497 e. The van der Waals surface area contributed by atoms with Gasteiger partial charge in [0.05, 0.1) is 13.5 Å². The number of ether oxygens (including phenoxy) is 1. The summed E-state index contributed by atoms with van der Waals surface area (Å²) in [4.78, 5) is 23.8. The van der Waals surface area contributed by atoms with Gasteiger partial charge in [0.2, 0.25) is 0 Å². The highest BCUT2D eigenvalue weighted by Crippen LogP contribution is 2.13. The second kappa shape index (κ2) is 5.48. The maximum atomic E-state index is 11.9. The van der Waals surface area contributed by atoms with Crippen molar-refractivity contribution in [2.75, 3.05) is 7.11 Å². The lowest BCUT2D eigenvalue weighted by molar-refractivity contribution is 0.0891. The Balaban J connectivity index is 2.06. The third-order valence-electron chi connectivity index (χ3n) is 2.73. The van der Waals surface area contributed by atoms with Gasteiger partial charge in [-0.05, 0) is 30.3 Å². The Hall–Kier alpha value is -2.43. The molecule has 0 aliphatic carbocycles. The molecular weight excluding hydrogens is 244 g/mol. The van der Waals surface area contributed by atoms with Crippen LogP contribution in [0.2, 0.25) is 0 Å². The Labute approximate surface area is 110 Å². The number of Topliss-reactive ketones (excluding diaryl/α,β-unsaturated/α-hetero) is 2. The van der Waals surface area contributed by atoms with E-state index < -0.39 is 0 Å². The van der Waals surface area contributed by atoms with Gasteiger partial charge in [0.25, 0.3) is 0 Å². The lowest BCUT2D eigenvalue weighted by atomic mass is 10.0. The summed E-state index contributed by atoms with van der Waals surface area (Å²) in [6.07, 6.45) is 1.49. The third kappa shape index (κ3) is 3.07. The third-order valence-corrected chi connectivity index (χ3v) is 2.73. The maximum absolute atomic E-state index is 11.9. The Bertz CT molecular complexity index is 599. The summed E-state index contributed by atoms with van der Waals surface area (Å²) in [5, 5.41) is 3.98. The second-order valence-electron chi connectivity index (χ2n) is 4.13. The fourth-order valence-corrected chi connectivity index (χ4v) is 1.68. The van der Waals surface area contributed by atoms with Crippen LogP contribution in [0.4, 0.5) is 0 Å². The number of rotatable bonds is 5. The quantitative estimate of drug-likeness (QED) is 0.607. The van der Waals surface area contributed by atoms with Crippen molar-refractivity contribution < 1.29 is 14.3 Å². The summed E-state index contributed by atoms with van der Waals surface area (Å²) >= 11 is 0. The van der Waals surface area contributed by atoms with Crippen LogP contribution in [0, 0.1) is 0 Å². The molecule has 0 spiro atoms. The van der Waals surface area contributed by atoms with E-state index >= 15 is 0 Å². The zero-order chi connectivity index (χ0) is 13.8. The average Bonchev–Trinajstić information content (AvgIpc) is 2.85. The molecule has 0 N–H and O–H groups in total. The number of hydrogen-bond donors (Lipinski definition) is 0. The number of carbonyl (C=O) groups excluding carboxylic acids is 2. The first-order valence-corrected chi connectivity index (χ1v) is 5.80. The predicted molar refractivity (Wildman–Crippen MR) is 69.5 cm³/mol. The summed E-state index contributed by atoms with van der Waals surface area (Å²) in [7, 11) is 3.28. The monoisotopic (exact) mass is 258 g/mol. The van der Waals surface area contributed by atoms with Gasteiger partial charge in [-0.2, -0.15) is 5.10 Å². The zero-order valence-corrected chi connectivity index (χ0v) is 10.8. The van der Waals surface area contributed by atoms with Crippen molar-refractivity contribution in [1.82, 2.24) is 9.78 Å². The Morgan fingerprint density at radius 1 is 1.16 bits per heavy atom. The number of ketones is 2. The molecule has 1 aromatic carbocycles. The minimum absolute atomic E-state index is 0.177. The van der Waals surface area contributed by atoms with E-state index in [9.17, 15) is 9.59 Å². The van der Waals surface area contributed by atoms with E-state index in [1.807, 2.05) is 0 Å². The van der Waals surface area contributed by atoms with Crippen LogP contribution in [0.15, 0.2) is 36.5 Å². The van der Waals surface area contributed by atoms with Crippen molar-refractivity contribution in [2.45, 2.75) is 6.42 Å². The number of methoxy groups -OCH3 is 1. The van der Waals surface area contributed by atoms with E-state index in [0.717, 1.165) is 0 Å². The number of carbonyl (C=O) groups is 2. The van der Waals surface area contributed by atoms with Gasteiger partial charge < -0.3 is 4.74 Å². The molecule has 1 aromatic heterocycles. The van der Waals surface area contributed by atoms with Crippen LogP contribution in [0.1, 0.15) is 27.3 Å². The van der Waals surface area contributed by atoms with E-state index in [0.29, 0.717) is 17.0 Å². The Kier molecular flexibility index (Phi) is 3.75. The Morgan fingerprint density at radius 2 is 1.84 bits per heavy atom. The lowest BCUT2D eigenvalue weighted by Crippen LogP contribution is -2.09. The van der Waals surface area contributed by atoms with Gasteiger partial charge >= 0.3 is 0 Å². The summed E-state index contributed by atoms with van der Waals surface area (Å²) in [6.45, 7) is 0. The smallest absolute Gasteiger partial charge is 0.190 e. The molecule has 5 heteroatoms. The van der Waals surface area contributed by atoms with E-state index in [1.165, 1.54) is 4.68 Å². The van der Waals surface area contributed by atoms with Crippen LogP contribution >= 0.6 is 0 Å². The molecule has 5 nitrogen and oxygen atoms in total. The van der Waals surface area contributed by atoms with Gasteiger partial charge in [0.15, 0.2) is 11.6 Å². The first-order chi connectivity index (χ1) is 9.10. The number of aromatic nitrogens is 2. The molecule has 0 saturated carbocycles. The summed E-state index contributed by atoms with van der Waals surface area (Å²) in [5.41, 5.74) is 0.800. The van der Waals surface area contributed by atoms with Crippen LogP contribution in [0.3, 0.4) is 0 Å². The van der Waals surface area contributed by atoms with Gasteiger partial charge in [-0.3, -0.25) is 14.3 Å². The number of hydrogen-bond acceptors (Lipinski definition) is 4. The molecule has 0 fully saturated rings. The second-order valence-corrected chi connectivity index (χ2v) is 4.13. The van der Waals surface area contributed by atoms with Gasteiger partial charge in [-0.1, -0.05) is 0 Å². The standard InChI is InChI=1S/C14H14N2O3/c1-16-8-7-12(15-16)14(18)9-13(17)10-3-5-11(19-2)6-4-10/h3-8H,9H2,1-2H3. The molecule has 98 valence electrons. The molecule has 0 atom stereocenters. The molecule has 0 unspecified atom stereocenters. The van der Waals surface area contributed by atoms with Crippen molar-refractivity contribution in [3.05, 3.63) is 47.8 Å². The summed E-state index contributed by atoms with van der Waals surface area (Å²) in [6, 6.07) is 8.28. The van der Waals surface area contributed by atoms with Crippen LogP contribution in [-0.4, -0.2) is 28.5 Å².